The van der Waals surface area contributed by atoms with Gasteiger partial charge in [-0.05, 0) is 13.0 Å². The highest BCUT2D eigenvalue weighted by atomic mass is 19.3. The SMILES string of the molecule is NCCN1CC[C@@H](C(F)F)C1. The summed E-state index contributed by atoms with van der Waals surface area (Å²) in [6.45, 7) is 2.63. The van der Waals surface area contributed by atoms with Crippen LogP contribution in [0.5, 0.6) is 0 Å². The van der Waals surface area contributed by atoms with Gasteiger partial charge in [-0.2, -0.15) is 0 Å². The molecular formula is C7H14F2N2. The first kappa shape index (κ1) is 8.87. The molecule has 0 bridgehead atoms. The molecule has 1 atom stereocenters. The molecular weight excluding hydrogens is 150 g/mol. The van der Waals surface area contributed by atoms with Crippen LogP contribution in [0.4, 0.5) is 8.78 Å². The third-order valence-corrected chi connectivity index (χ3v) is 2.11. The summed E-state index contributed by atoms with van der Waals surface area (Å²) in [5.74, 6) is -0.415. The Bertz CT molecular complexity index is 119. The number of nitrogens with zero attached hydrogens (tertiary/aromatic N) is 1. The van der Waals surface area contributed by atoms with E-state index >= 15 is 0 Å². The molecule has 0 aromatic carbocycles. The van der Waals surface area contributed by atoms with Crippen molar-refractivity contribution >= 4 is 0 Å². The van der Waals surface area contributed by atoms with Crippen LogP contribution in [-0.2, 0) is 0 Å². The largest absolute Gasteiger partial charge is 0.329 e. The zero-order valence-corrected chi connectivity index (χ0v) is 6.47. The van der Waals surface area contributed by atoms with Crippen molar-refractivity contribution in [1.82, 2.24) is 4.90 Å². The molecule has 1 aliphatic heterocycles. The molecule has 1 rings (SSSR count). The number of hydrogen-bond donors (Lipinski definition) is 1. The second kappa shape index (κ2) is 3.97. The van der Waals surface area contributed by atoms with Crippen LogP contribution < -0.4 is 5.73 Å². The van der Waals surface area contributed by atoms with Crippen LogP contribution in [0, 0.1) is 5.92 Å². The van der Waals surface area contributed by atoms with E-state index in [4.69, 9.17) is 5.73 Å². The lowest BCUT2D eigenvalue weighted by Crippen LogP contribution is -2.28. The minimum Gasteiger partial charge on any atom is -0.329 e. The van der Waals surface area contributed by atoms with Crippen LogP contribution in [0.3, 0.4) is 0 Å². The van der Waals surface area contributed by atoms with Gasteiger partial charge in [0.1, 0.15) is 0 Å². The molecule has 0 aromatic rings. The molecule has 4 heteroatoms. The Balaban J connectivity index is 2.23. The van der Waals surface area contributed by atoms with E-state index in [1.807, 2.05) is 4.90 Å². The number of rotatable bonds is 3. The molecule has 0 unspecified atom stereocenters. The van der Waals surface area contributed by atoms with Crippen molar-refractivity contribution in [2.24, 2.45) is 11.7 Å². The lowest BCUT2D eigenvalue weighted by molar-refractivity contribution is 0.0810. The molecule has 0 spiro atoms. The molecule has 0 radical (unpaired) electrons. The number of likely N-dealkylation sites (tertiary alicyclic amines) is 1. The van der Waals surface area contributed by atoms with Gasteiger partial charge in [-0.25, -0.2) is 8.78 Å². The predicted octanol–water partition coefficient (Wildman–Crippen LogP) is 0.532. The van der Waals surface area contributed by atoms with Crippen LogP contribution in [0.2, 0.25) is 0 Å². The maximum absolute atomic E-state index is 12.1. The minimum atomic E-state index is -2.15. The van der Waals surface area contributed by atoms with Gasteiger partial charge < -0.3 is 10.6 Å². The monoisotopic (exact) mass is 164 g/mol. The normalized spacial score (nSPS) is 26.7. The first-order valence-corrected chi connectivity index (χ1v) is 3.94. The van der Waals surface area contributed by atoms with Crippen molar-refractivity contribution in [1.29, 1.82) is 0 Å². The fourth-order valence-electron chi connectivity index (χ4n) is 1.45. The summed E-state index contributed by atoms with van der Waals surface area (Å²) in [6.07, 6.45) is -1.53. The molecule has 0 aliphatic carbocycles. The van der Waals surface area contributed by atoms with E-state index in [1.54, 1.807) is 0 Å². The van der Waals surface area contributed by atoms with Gasteiger partial charge in [0.2, 0.25) is 6.43 Å². The summed E-state index contributed by atoms with van der Waals surface area (Å²) in [5, 5.41) is 0. The van der Waals surface area contributed by atoms with Crippen molar-refractivity contribution < 1.29 is 8.78 Å². The Kier molecular flexibility index (Phi) is 3.20. The van der Waals surface area contributed by atoms with Crippen molar-refractivity contribution in [2.75, 3.05) is 26.2 Å². The first-order chi connectivity index (χ1) is 5.24. The Labute approximate surface area is 65.4 Å². The number of alkyl halides is 2. The van der Waals surface area contributed by atoms with E-state index in [-0.39, 0.29) is 0 Å². The zero-order valence-electron chi connectivity index (χ0n) is 6.47. The second-order valence-electron chi connectivity index (χ2n) is 2.97. The van der Waals surface area contributed by atoms with Crippen LogP contribution in [0.15, 0.2) is 0 Å². The van der Waals surface area contributed by atoms with Crippen LogP contribution >= 0.6 is 0 Å². The summed E-state index contributed by atoms with van der Waals surface area (Å²) in [4.78, 5) is 2.00. The molecule has 0 amide bonds. The Morgan fingerprint density at radius 3 is 2.73 bits per heavy atom. The van der Waals surface area contributed by atoms with E-state index in [9.17, 15) is 8.78 Å². The van der Waals surface area contributed by atoms with Crippen molar-refractivity contribution in [3.63, 3.8) is 0 Å². The standard InChI is InChI=1S/C7H14F2N2/c8-7(9)6-1-3-11(5-6)4-2-10/h6-7H,1-5,10H2/t6-/m1/s1. The predicted molar refractivity (Wildman–Crippen MR) is 39.6 cm³/mol. The smallest absolute Gasteiger partial charge is 0.242 e. The average Bonchev–Trinajstić information content (AvgIpc) is 2.37. The summed E-state index contributed by atoms with van der Waals surface area (Å²) < 4.78 is 24.2. The molecule has 1 fully saturated rings. The van der Waals surface area contributed by atoms with E-state index in [2.05, 4.69) is 0 Å². The van der Waals surface area contributed by atoms with Crippen LogP contribution in [0.1, 0.15) is 6.42 Å². The molecule has 2 N–H and O–H groups in total. The number of halogens is 2. The Morgan fingerprint density at radius 2 is 2.27 bits per heavy atom. The van der Waals surface area contributed by atoms with Crippen molar-refractivity contribution in [3.8, 4) is 0 Å². The average molecular weight is 164 g/mol. The van der Waals surface area contributed by atoms with Crippen molar-refractivity contribution in [3.05, 3.63) is 0 Å². The molecule has 2 nitrogen and oxygen atoms in total. The molecule has 0 saturated carbocycles. The van der Waals surface area contributed by atoms with Gasteiger partial charge in [0.05, 0.1) is 0 Å². The lowest BCUT2D eigenvalue weighted by atomic mass is 10.1. The summed E-state index contributed by atoms with van der Waals surface area (Å²) in [7, 11) is 0. The van der Waals surface area contributed by atoms with Gasteiger partial charge in [-0.3, -0.25) is 0 Å². The minimum absolute atomic E-state index is 0.415. The lowest BCUT2D eigenvalue weighted by Gasteiger charge is -2.13. The third kappa shape index (κ3) is 2.38. The third-order valence-electron chi connectivity index (χ3n) is 2.11. The van der Waals surface area contributed by atoms with Gasteiger partial charge >= 0.3 is 0 Å². The zero-order chi connectivity index (χ0) is 8.27. The summed E-state index contributed by atoms with van der Waals surface area (Å²) in [6, 6.07) is 0. The molecule has 1 heterocycles. The van der Waals surface area contributed by atoms with Gasteiger partial charge in [0.25, 0.3) is 0 Å². The fraction of sp³-hybridized carbons (Fsp3) is 1.00. The second-order valence-corrected chi connectivity index (χ2v) is 2.97. The van der Waals surface area contributed by atoms with Crippen LogP contribution in [0.25, 0.3) is 0 Å². The Hall–Kier alpha value is -0.220. The summed E-state index contributed by atoms with van der Waals surface area (Å²) >= 11 is 0. The van der Waals surface area contributed by atoms with E-state index in [1.165, 1.54) is 0 Å². The first-order valence-electron chi connectivity index (χ1n) is 3.94. The molecule has 1 saturated heterocycles. The Morgan fingerprint density at radius 1 is 1.55 bits per heavy atom. The maximum atomic E-state index is 12.1. The van der Waals surface area contributed by atoms with Gasteiger partial charge in [0.15, 0.2) is 0 Å². The highest BCUT2D eigenvalue weighted by molar-refractivity contribution is 4.76. The van der Waals surface area contributed by atoms with Crippen LogP contribution in [-0.4, -0.2) is 37.5 Å². The quantitative estimate of drug-likeness (QED) is 0.659. The van der Waals surface area contributed by atoms with E-state index in [0.29, 0.717) is 19.5 Å². The van der Waals surface area contributed by atoms with Gasteiger partial charge in [0, 0.05) is 25.6 Å². The van der Waals surface area contributed by atoms with E-state index in [0.717, 1.165) is 13.1 Å². The fourth-order valence-corrected chi connectivity index (χ4v) is 1.45. The van der Waals surface area contributed by atoms with Gasteiger partial charge in [-0.1, -0.05) is 0 Å². The number of hydrogen-bond acceptors (Lipinski definition) is 2. The molecule has 0 aromatic heterocycles. The highest BCUT2D eigenvalue weighted by Gasteiger charge is 2.28. The van der Waals surface area contributed by atoms with Crippen molar-refractivity contribution in [2.45, 2.75) is 12.8 Å². The van der Waals surface area contributed by atoms with Gasteiger partial charge in [-0.15, -0.1) is 0 Å². The number of nitrogens with two attached hydrogens (primary N) is 1. The highest BCUT2D eigenvalue weighted by Crippen LogP contribution is 2.21. The summed E-state index contributed by atoms with van der Waals surface area (Å²) in [5.41, 5.74) is 5.30. The topological polar surface area (TPSA) is 29.3 Å². The molecule has 66 valence electrons. The molecule has 1 aliphatic rings. The molecule has 11 heavy (non-hydrogen) atoms. The maximum Gasteiger partial charge on any atom is 0.242 e. The van der Waals surface area contributed by atoms with E-state index < -0.39 is 12.3 Å².